The number of aryl methyl sites for hydroxylation is 2. The van der Waals surface area contributed by atoms with Crippen LogP contribution in [0, 0.1) is 25.2 Å². The van der Waals surface area contributed by atoms with Crippen LogP contribution in [0.1, 0.15) is 22.3 Å². The number of benzene rings is 2. The average Bonchev–Trinajstić information content (AvgIpc) is 2.76. The SMILES string of the molecule is Cc1cc(CN(C)CCN(C)C)cc(C)c1Nc1ccnc(Nc2ccc(C#N)cc2)n1. The van der Waals surface area contributed by atoms with Crippen molar-refractivity contribution < 1.29 is 0 Å². The third-order valence-electron chi connectivity index (χ3n) is 5.15. The third-order valence-corrected chi connectivity index (χ3v) is 5.15. The number of hydrogen-bond acceptors (Lipinski definition) is 7. The molecule has 0 saturated heterocycles. The van der Waals surface area contributed by atoms with E-state index in [2.05, 4.69) is 83.6 Å². The largest absolute Gasteiger partial charge is 0.340 e. The summed E-state index contributed by atoms with van der Waals surface area (Å²) in [7, 11) is 6.35. The first-order chi connectivity index (χ1) is 15.3. The van der Waals surface area contributed by atoms with Crippen LogP contribution in [-0.2, 0) is 6.54 Å². The van der Waals surface area contributed by atoms with Gasteiger partial charge in [0.1, 0.15) is 5.82 Å². The quantitative estimate of drug-likeness (QED) is 0.520. The molecule has 0 unspecified atom stereocenters. The van der Waals surface area contributed by atoms with Gasteiger partial charge in [-0.15, -0.1) is 0 Å². The molecule has 2 aromatic carbocycles. The highest BCUT2D eigenvalue weighted by Gasteiger charge is 2.09. The monoisotopic (exact) mass is 429 g/mol. The van der Waals surface area contributed by atoms with E-state index in [0.29, 0.717) is 11.5 Å². The van der Waals surface area contributed by atoms with Crippen LogP contribution in [0.3, 0.4) is 0 Å². The van der Waals surface area contributed by atoms with Crippen molar-refractivity contribution in [3.05, 3.63) is 70.9 Å². The van der Waals surface area contributed by atoms with Gasteiger partial charge in [0.2, 0.25) is 5.95 Å². The maximum Gasteiger partial charge on any atom is 0.229 e. The zero-order chi connectivity index (χ0) is 23.1. The third kappa shape index (κ3) is 6.51. The fourth-order valence-electron chi connectivity index (χ4n) is 3.48. The summed E-state index contributed by atoms with van der Waals surface area (Å²) in [5, 5.41) is 15.6. The van der Waals surface area contributed by atoms with E-state index in [9.17, 15) is 0 Å². The standard InChI is InChI=1S/C25H31N7/c1-18-14-21(17-32(5)13-12-31(3)4)15-19(2)24(18)29-23-10-11-27-25(30-23)28-22-8-6-20(16-26)7-9-22/h6-11,14-15H,12-13,17H2,1-5H3,(H2,27,28,29,30). The molecule has 0 radical (unpaired) electrons. The Labute approximate surface area is 190 Å². The predicted octanol–water partition coefficient (Wildman–Crippen LogP) is 4.45. The zero-order valence-electron chi connectivity index (χ0n) is 19.5. The first-order valence-electron chi connectivity index (χ1n) is 10.6. The van der Waals surface area contributed by atoms with Gasteiger partial charge in [0, 0.05) is 37.2 Å². The normalized spacial score (nSPS) is 10.9. The molecule has 0 aliphatic heterocycles. The van der Waals surface area contributed by atoms with Crippen molar-refractivity contribution in [2.24, 2.45) is 0 Å². The summed E-state index contributed by atoms with van der Waals surface area (Å²) in [6.07, 6.45) is 1.72. The highest BCUT2D eigenvalue weighted by molar-refractivity contribution is 5.66. The van der Waals surface area contributed by atoms with E-state index >= 15 is 0 Å². The fraction of sp³-hybridized carbons (Fsp3) is 0.320. The van der Waals surface area contributed by atoms with Crippen LogP contribution in [0.2, 0.25) is 0 Å². The molecule has 166 valence electrons. The molecule has 0 atom stereocenters. The number of hydrogen-bond donors (Lipinski definition) is 2. The molecule has 3 aromatic rings. The molecule has 7 heteroatoms. The average molecular weight is 430 g/mol. The topological polar surface area (TPSA) is 80.1 Å². The number of anilines is 4. The minimum Gasteiger partial charge on any atom is -0.340 e. The first kappa shape index (κ1) is 23.2. The molecule has 0 saturated carbocycles. The van der Waals surface area contributed by atoms with E-state index in [4.69, 9.17) is 5.26 Å². The molecule has 0 bridgehead atoms. The Morgan fingerprint density at radius 1 is 0.938 bits per heavy atom. The lowest BCUT2D eigenvalue weighted by molar-refractivity contribution is 0.276. The minimum atomic E-state index is 0.495. The van der Waals surface area contributed by atoms with Gasteiger partial charge >= 0.3 is 0 Å². The lowest BCUT2D eigenvalue weighted by Gasteiger charge is -2.21. The number of nitriles is 1. The van der Waals surface area contributed by atoms with E-state index in [1.807, 2.05) is 18.2 Å². The fourth-order valence-corrected chi connectivity index (χ4v) is 3.48. The van der Waals surface area contributed by atoms with Crippen LogP contribution >= 0.6 is 0 Å². The van der Waals surface area contributed by atoms with Gasteiger partial charge in [-0.2, -0.15) is 10.2 Å². The summed E-state index contributed by atoms with van der Waals surface area (Å²) in [5.74, 6) is 1.22. The minimum absolute atomic E-state index is 0.495. The summed E-state index contributed by atoms with van der Waals surface area (Å²) in [6.45, 7) is 7.23. The van der Waals surface area contributed by atoms with Gasteiger partial charge in [0.05, 0.1) is 11.6 Å². The lowest BCUT2D eigenvalue weighted by atomic mass is 10.0. The van der Waals surface area contributed by atoms with Gasteiger partial charge in [0.25, 0.3) is 0 Å². The van der Waals surface area contributed by atoms with E-state index in [-0.39, 0.29) is 0 Å². The van der Waals surface area contributed by atoms with Crippen molar-refractivity contribution in [1.82, 2.24) is 19.8 Å². The van der Waals surface area contributed by atoms with Crippen LogP contribution in [0.15, 0.2) is 48.7 Å². The van der Waals surface area contributed by atoms with E-state index in [0.717, 1.165) is 36.8 Å². The van der Waals surface area contributed by atoms with Crippen molar-refractivity contribution in [2.75, 3.05) is 44.9 Å². The van der Waals surface area contributed by atoms with Gasteiger partial charge < -0.3 is 20.4 Å². The molecule has 0 aliphatic carbocycles. The van der Waals surface area contributed by atoms with Gasteiger partial charge in [0.15, 0.2) is 0 Å². The molecule has 0 fully saturated rings. The van der Waals surface area contributed by atoms with Crippen LogP contribution in [-0.4, -0.2) is 54.0 Å². The Kier molecular flexibility index (Phi) is 7.77. The first-order valence-corrected chi connectivity index (χ1v) is 10.6. The van der Waals surface area contributed by atoms with Gasteiger partial charge in [-0.25, -0.2) is 4.98 Å². The second-order valence-corrected chi connectivity index (χ2v) is 8.35. The zero-order valence-corrected chi connectivity index (χ0v) is 19.5. The van der Waals surface area contributed by atoms with E-state index in [1.165, 1.54) is 16.7 Å². The summed E-state index contributed by atoms with van der Waals surface area (Å²) in [4.78, 5) is 13.4. The molecular weight excluding hydrogens is 398 g/mol. The molecule has 0 spiro atoms. The molecule has 3 rings (SSSR count). The van der Waals surface area contributed by atoms with Gasteiger partial charge in [-0.05, 0) is 82.0 Å². The Balaban J connectivity index is 1.70. The van der Waals surface area contributed by atoms with Crippen molar-refractivity contribution in [3.63, 3.8) is 0 Å². The van der Waals surface area contributed by atoms with E-state index in [1.54, 1.807) is 18.3 Å². The van der Waals surface area contributed by atoms with Gasteiger partial charge in [-0.1, -0.05) is 12.1 Å². The molecule has 1 aromatic heterocycles. The Morgan fingerprint density at radius 3 is 2.25 bits per heavy atom. The van der Waals surface area contributed by atoms with Crippen molar-refractivity contribution in [1.29, 1.82) is 5.26 Å². The summed E-state index contributed by atoms with van der Waals surface area (Å²) < 4.78 is 0. The highest BCUT2D eigenvalue weighted by Crippen LogP contribution is 2.26. The van der Waals surface area contributed by atoms with Crippen LogP contribution in [0.25, 0.3) is 0 Å². The molecule has 32 heavy (non-hydrogen) atoms. The second-order valence-electron chi connectivity index (χ2n) is 8.35. The molecule has 0 aliphatic rings. The molecule has 7 nitrogen and oxygen atoms in total. The Bertz CT molecular complexity index is 1060. The Hall–Kier alpha value is -3.47. The number of nitrogens with zero attached hydrogens (tertiary/aromatic N) is 5. The molecule has 2 N–H and O–H groups in total. The molecule has 0 amide bonds. The number of nitrogens with one attached hydrogen (secondary N) is 2. The smallest absolute Gasteiger partial charge is 0.229 e. The Morgan fingerprint density at radius 2 is 1.62 bits per heavy atom. The maximum atomic E-state index is 8.94. The number of aromatic nitrogens is 2. The highest BCUT2D eigenvalue weighted by atomic mass is 15.2. The predicted molar refractivity (Wildman–Crippen MR) is 131 cm³/mol. The number of likely N-dealkylation sites (N-methyl/N-ethyl adjacent to an activating group) is 2. The van der Waals surface area contributed by atoms with Crippen LogP contribution in [0.4, 0.5) is 23.1 Å². The van der Waals surface area contributed by atoms with Crippen molar-refractivity contribution in [3.8, 4) is 6.07 Å². The number of rotatable bonds is 9. The maximum absolute atomic E-state index is 8.94. The van der Waals surface area contributed by atoms with Crippen molar-refractivity contribution >= 4 is 23.1 Å². The second kappa shape index (κ2) is 10.7. The summed E-state index contributed by atoms with van der Waals surface area (Å²) in [6, 6.07) is 15.6. The molecular formula is C25H31N7. The lowest BCUT2D eigenvalue weighted by Crippen LogP contribution is -2.28. The van der Waals surface area contributed by atoms with Crippen molar-refractivity contribution in [2.45, 2.75) is 20.4 Å². The summed E-state index contributed by atoms with van der Waals surface area (Å²) in [5.41, 5.74) is 6.18. The van der Waals surface area contributed by atoms with E-state index < -0.39 is 0 Å². The molecule has 1 heterocycles. The van der Waals surface area contributed by atoms with Gasteiger partial charge in [-0.3, -0.25) is 0 Å². The van der Waals surface area contributed by atoms with Crippen LogP contribution < -0.4 is 10.6 Å². The van der Waals surface area contributed by atoms with Crippen LogP contribution in [0.5, 0.6) is 0 Å². The summed E-state index contributed by atoms with van der Waals surface area (Å²) >= 11 is 0.